The Labute approximate surface area is 129 Å². The van der Waals surface area contributed by atoms with Crippen LogP contribution in [-0.4, -0.2) is 15.6 Å². The topological polar surface area (TPSA) is 43.8 Å². The van der Waals surface area contributed by atoms with Gasteiger partial charge < -0.3 is 10.3 Å². The van der Waals surface area contributed by atoms with Crippen molar-refractivity contribution in [2.24, 2.45) is 5.73 Å². The molecule has 5 heteroatoms. The Kier molecular flexibility index (Phi) is 5.46. The van der Waals surface area contributed by atoms with Crippen molar-refractivity contribution >= 4 is 23.2 Å². The van der Waals surface area contributed by atoms with Crippen LogP contribution in [0.3, 0.4) is 0 Å². The van der Waals surface area contributed by atoms with Crippen LogP contribution in [0, 0.1) is 0 Å². The first-order valence-corrected chi connectivity index (χ1v) is 7.55. The number of hydrogen-bond donors (Lipinski definition) is 1. The highest BCUT2D eigenvalue weighted by Crippen LogP contribution is 2.23. The molecule has 0 radical (unpaired) electrons. The lowest BCUT2D eigenvalue weighted by Crippen LogP contribution is -2.27. The minimum absolute atomic E-state index is 0.0187. The summed E-state index contributed by atoms with van der Waals surface area (Å²) in [5.41, 5.74) is 7.32. The Hall–Kier alpha value is -1.03. The second-order valence-electron chi connectivity index (χ2n) is 4.95. The van der Waals surface area contributed by atoms with E-state index in [4.69, 9.17) is 28.9 Å². The molecule has 0 saturated heterocycles. The third-order valence-corrected chi connectivity index (χ3v) is 3.93. The fourth-order valence-corrected chi connectivity index (χ4v) is 2.57. The van der Waals surface area contributed by atoms with Gasteiger partial charge in [-0.2, -0.15) is 0 Å². The van der Waals surface area contributed by atoms with E-state index >= 15 is 0 Å². The van der Waals surface area contributed by atoms with Gasteiger partial charge in [-0.15, -0.1) is 0 Å². The molecule has 1 aromatic carbocycles. The number of nitrogens with zero attached hydrogens (tertiary/aromatic N) is 2. The monoisotopic (exact) mass is 311 g/mol. The minimum Gasteiger partial charge on any atom is -0.335 e. The van der Waals surface area contributed by atoms with Gasteiger partial charge in [0.2, 0.25) is 0 Å². The fraction of sp³-hybridized carbons (Fsp3) is 0.400. The molecule has 2 aromatic rings. The average molecular weight is 312 g/mol. The Bertz CT molecular complexity index is 566. The summed E-state index contributed by atoms with van der Waals surface area (Å²) in [6.07, 6.45) is 6.44. The van der Waals surface area contributed by atoms with E-state index in [9.17, 15) is 0 Å². The number of aromatic nitrogens is 2. The van der Waals surface area contributed by atoms with Crippen LogP contribution in [0.1, 0.15) is 24.7 Å². The van der Waals surface area contributed by atoms with Gasteiger partial charge in [0.15, 0.2) is 0 Å². The number of hydrogen-bond acceptors (Lipinski definition) is 2. The van der Waals surface area contributed by atoms with Gasteiger partial charge in [0.1, 0.15) is 5.82 Å². The number of benzene rings is 1. The Morgan fingerprint density at radius 3 is 2.75 bits per heavy atom. The van der Waals surface area contributed by atoms with Crippen LogP contribution < -0.4 is 5.73 Å². The molecule has 0 amide bonds. The predicted molar refractivity (Wildman–Crippen MR) is 84.4 cm³/mol. The first-order valence-electron chi connectivity index (χ1n) is 6.79. The zero-order valence-corrected chi connectivity index (χ0v) is 13.0. The van der Waals surface area contributed by atoms with E-state index in [-0.39, 0.29) is 6.04 Å². The SMILES string of the molecule is CCCn1ccnc1CC(N)Cc1ccc(Cl)c(Cl)c1. The number of imidazole rings is 1. The van der Waals surface area contributed by atoms with Crippen molar-refractivity contribution in [2.75, 3.05) is 0 Å². The summed E-state index contributed by atoms with van der Waals surface area (Å²) in [5, 5.41) is 1.14. The highest BCUT2D eigenvalue weighted by Gasteiger charge is 2.10. The average Bonchev–Trinajstić information content (AvgIpc) is 2.82. The molecule has 1 unspecified atom stereocenters. The van der Waals surface area contributed by atoms with Crippen LogP contribution in [0.2, 0.25) is 10.0 Å². The summed E-state index contributed by atoms with van der Waals surface area (Å²) in [6.45, 7) is 3.13. The lowest BCUT2D eigenvalue weighted by atomic mass is 10.0. The van der Waals surface area contributed by atoms with E-state index in [1.165, 1.54) is 0 Å². The number of aryl methyl sites for hydroxylation is 1. The highest BCUT2D eigenvalue weighted by molar-refractivity contribution is 6.42. The lowest BCUT2D eigenvalue weighted by Gasteiger charge is -2.13. The van der Waals surface area contributed by atoms with Gasteiger partial charge in [-0.3, -0.25) is 0 Å². The van der Waals surface area contributed by atoms with Crippen molar-refractivity contribution in [3.05, 3.63) is 52.0 Å². The van der Waals surface area contributed by atoms with Crippen LogP contribution in [0.4, 0.5) is 0 Å². The van der Waals surface area contributed by atoms with E-state index in [2.05, 4.69) is 16.5 Å². The maximum Gasteiger partial charge on any atom is 0.110 e. The van der Waals surface area contributed by atoms with Gasteiger partial charge in [-0.25, -0.2) is 4.98 Å². The summed E-state index contributed by atoms with van der Waals surface area (Å²) in [6, 6.07) is 5.67. The van der Waals surface area contributed by atoms with Gasteiger partial charge in [-0.1, -0.05) is 36.2 Å². The number of halogens is 2. The second kappa shape index (κ2) is 7.11. The van der Waals surface area contributed by atoms with Gasteiger partial charge in [0, 0.05) is 31.4 Å². The molecule has 0 spiro atoms. The molecule has 1 aromatic heterocycles. The molecular weight excluding hydrogens is 293 g/mol. The normalized spacial score (nSPS) is 12.6. The van der Waals surface area contributed by atoms with Crippen LogP contribution in [-0.2, 0) is 19.4 Å². The summed E-state index contributed by atoms with van der Waals surface area (Å²) in [4.78, 5) is 4.38. The summed E-state index contributed by atoms with van der Waals surface area (Å²) < 4.78 is 2.16. The van der Waals surface area contributed by atoms with E-state index in [0.29, 0.717) is 10.0 Å². The smallest absolute Gasteiger partial charge is 0.110 e. The standard InChI is InChI=1S/C15H19Cl2N3/c1-2-6-20-7-5-19-15(20)10-12(18)8-11-3-4-13(16)14(17)9-11/h3-5,7,9,12H,2,6,8,10,18H2,1H3. The van der Waals surface area contributed by atoms with Gasteiger partial charge in [0.25, 0.3) is 0 Å². The Balaban J connectivity index is 1.99. The maximum atomic E-state index is 6.22. The van der Waals surface area contributed by atoms with E-state index in [0.717, 1.165) is 37.2 Å². The molecule has 3 nitrogen and oxygen atoms in total. The zero-order valence-electron chi connectivity index (χ0n) is 11.5. The molecule has 0 aliphatic carbocycles. The maximum absolute atomic E-state index is 6.22. The Morgan fingerprint density at radius 1 is 1.25 bits per heavy atom. The number of rotatable bonds is 6. The molecule has 1 heterocycles. The van der Waals surface area contributed by atoms with Crippen LogP contribution in [0.25, 0.3) is 0 Å². The van der Waals surface area contributed by atoms with Crippen molar-refractivity contribution in [3.8, 4) is 0 Å². The highest BCUT2D eigenvalue weighted by atomic mass is 35.5. The third kappa shape index (κ3) is 3.98. The second-order valence-corrected chi connectivity index (χ2v) is 5.77. The Morgan fingerprint density at radius 2 is 2.05 bits per heavy atom. The molecular formula is C15H19Cl2N3. The lowest BCUT2D eigenvalue weighted by molar-refractivity contribution is 0.582. The zero-order chi connectivity index (χ0) is 14.5. The number of nitrogens with two attached hydrogens (primary N) is 1. The molecule has 0 aliphatic rings. The van der Waals surface area contributed by atoms with Crippen molar-refractivity contribution in [3.63, 3.8) is 0 Å². The van der Waals surface area contributed by atoms with Gasteiger partial charge in [-0.05, 0) is 30.5 Å². The fourth-order valence-electron chi connectivity index (χ4n) is 2.25. The molecule has 0 bridgehead atoms. The predicted octanol–water partition coefficient (Wildman–Crippen LogP) is 3.71. The molecule has 1 atom stereocenters. The summed E-state index contributed by atoms with van der Waals surface area (Å²) >= 11 is 11.9. The molecule has 108 valence electrons. The van der Waals surface area contributed by atoms with Crippen molar-refractivity contribution < 1.29 is 0 Å². The largest absolute Gasteiger partial charge is 0.335 e. The van der Waals surface area contributed by atoms with E-state index in [1.54, 1.807) is 0 Å². The molecule has 0 aliphatic heterocycles. The van der Waals surface area contributed by atoms with Crippen molar-refractivity contribution in [1.82, 2.24) is 9.55 Å². The molecule has 2 rings (SSSR count). The van der Waals surface area contributed by atoms with Gasteiger partial charge in [0.05, 0.1) is 10.0 Å². The first kappa shape index (κ1) is 15.4. The molecule has 2 N–H and O–H groups in total. The van der Waals surface area contributed by atoms with Crippen LogP contribution >= 0.6 is 23.2 Å². The van der Waals surface area contributed by atoms with E-state index < -0.39 is 0 Å². The van der Waals surface area contributed by atoms with Crippen LogP contribution in [0.5, 0.6) is 0 Å². The van der Waals surface area contributed by atoms with Gasteiger partial charge >= 0.3 is 0 Å². The first-order chi connectivity index (χ1) is 9.60. The van der Waals surface area contributed by atoms with Crippen LogP contribution in [0.15, 0.2) is 30.6 Å². The molecule has 20 heavy (non-hydrogen) atoms. The third-order valence-electron chi connectivity index (χ3n) is 3.19. The quantitative estimate of drug-likeness (QED) is 0.883. The summed E-state index contributed by atoms with van der Waals surface area (Å²) in [7, 11) is 0. The van der Waals surface area contributed by atoms with Crippen molar-refractivity contribution in [2.45, 2.75) is 38.8 Å². The van der Waals surface area contributed by atoms with E-state index in [1.807, 2.05) is 30.6 Å². The molecule has 0 fully saturated rings. The van der Waals surface area contributed by atoms with Crippen molar-refractivity contribution in [1.29, 1.82) is 0 Å². The minimum atomic E-state index is 0.0187. The summed E-state index contributed by atoms with van der Waals surface area (Å²) in [5.74, 6) is 1.04. The molecule has 0 saturated carbocycles.